The first-order chi connectivity index (χ1) is 16.1. The van der Waals surface area contributed by atoms with Gasteiger partial charge in [-0.1, -0.05) is 97.5 Å². The topological polar surface area (TPSA) is 71.7 Å². The lowest BCUT2D eigenvalue weighted by Crippen LogP contribution is -2.27. The van der Waals surface area contributed by atoms with Crippen LogP contribution >= 0.6 is 0 Å². The van der Waals surface area contributed by atoms with Gasteiger partial charge in [0, 0.05) is 35.8 Å². The van der Waals surface area contributed by atoms with E-state index in [1.54, 1.807) is 0 Å². The van der Waals surface area contributed by atoms with Gasteiger partial charge < -0.3 is 9.67 Å². The van der Waals surface area contributed by atoms with Crippen LogP contribution in [0.1, 0.15) is 72.2 Å². The van der Waals surface area contributed by atoms with E-state index < -0.39 is 11.4 Å². The zero-order valence-electron chi connectivity index (χ0n) is 21.3. The van der Waals surface area contributed by atoms with Gasteiger partial charge in [-0.2, -0.15) is 0 Å². The lowest BCUT2D eigenvalue weighted by atomic mass is 9.85. The summed E-state index contributed by atoms with van der Waals surface area (Å²) >= 11 is 0. The molecule has 0 aliphatic heterocycles. The summed E-state index contributed by atoms with van der Waals surface area (Å²) in [5.41, 5.74) is 3.99. The molecule has 3 rings (SSSR count). The van der Waals surface area contributed by atoms with Gasteiger partial charge in [-0.15, -0.1) is 0 Å². The van der Waals surface area contributed by atoms with Crippen LogP contribution < -0.4 is 0 Å². The molecular formula is C30H42N2O3. The summed E-state index contributed by atoms with van der Waals surface area (Å²) in [6, 6.07) is 18.6. The molecule has 3 aromatic rings. The van der Waals surface area contributed by atoms with Crippen molar-refractivity contribution in [3.05, 3.63) is 71.4 Å². The molecule has 1 N–H and O–H groups in total. The molecule has 0 fully saturated rings. The van der Waals surface area contributed by atoms with E-state index in [0.717, 1.165) is 30.1 Å². The third kappa shape index (κ3) is 8.50. The Morgan fingerprint density at radius 2 is 1.60 bits per heavy atom. The number of carbonyl (C=O) groups is 2. The molecule has 2 aromatic carbocycles. The number of carbonyl (C=O) groups excluding carboxylic acids is 1. The molecule has 0 bridgehead atoms. The maximum atomic E-state index is 12.7. The molecule has 35 heavy (non-hydrogen) atoms. The zero-order chi connectivity index (χ0) is 25.3. The number of benzene rings is 2. The van der Waals surface area contributed by atoms with Crippen LogP contribution in [0.4, 0.5) is 0 Å². The Bertz CT molecular complexity index is 1120. The number of aliphatic carboxylic acids is 1. The molecule has 0 unspecified atom stereocenters. The number of aryl methyl sites for hydroxylation is 1. The first-order valence-corrected chi connectivity index (χ1v) is 12.0. The van der Waals surface area contributed by atoms with Gasteiger partial charge in [0.2, 0.25) is 0 Å². The molecule has 0 spiro atoms. The number of aliphatic imine (C=N–C) groups is 1. The predicted molar refractivity (Wildman–Crippen MR) is 147 cm³/mol. The van der Waals surface area contributed by atoms with Gasteiger partial charge in [0.05, 0.1) is 11.8 Å². The molecule has 5 heteroatoms. The number of fused-ring (bicyclic) bond motifs is 1. The molecule has 0 aliphatic rings. The van der Waals surface area contributed by atoms with Gasteiger partial charge in [0.1, 0.15) is 0 Å². The molecule has 0 saturated heterocycles. The Labute approximate surface area is 210 Å². The fourth-order valence-corrected chi connectivity index (χ4v) is 3.85. The Kier molecular flexibility index (Phi) is 11.6. The van der Waals surface area contributed by atoms with Crippen LogP contribution in [0, 0.1) is 11.3 Å². The smallest absolute Gasteiger partial charge is 0.308 e. The molecule has 0 radical (unpaired) electrons. The van der Waals surface area contributed by atoms with Crippen LogP contribution in [0.5, 0.6) is 0 Å². The van der Waals surface area contributed by atoms with Crippen molar-refractivity contribution in [3.8, 4) is 0 Å². The van der Waals surface area contributed by atoms with Gasteiger partial charge in [0.25, 0.3) is 5.91 Å². The molecule has 5 nitrogen and oxygen atoms in total. The van der Waals surface area contributed by atoms with Crippen molar-refractivity contribution in [2.45, 2.75) is 74.8 Å². The SMILES string of the molecule is C.CC(C)C.CCc1c(CC(C)(C)C(=O)N=CCC(=O)O)n(Cc2ccccc2)c2ccccc12. The molecule has 0 atom stereocenters. The number of carboxylic acid groups (broad SMARTS) is 1. The fraction of sp³-hybridized carbons (Fsp3) is 0.433. The molecule has 190 valence electrons. The third-order valence-electron chi connectivity index (χ3n) is 5.39. The summed E-state index contributed by atoms with van der Waals surface area (Å²) in [5, 5.41) is 10.00. The number of amides is 1. The number of aromatic nitrogens is 1. The number of carboxylic acids is 1. The highest BCUT2D eigenvalue weighted by Gasteiger charge is 2.31. The normalized spacial score (nSPS) is 11.3. The summed E-state index contributed by atoms with van der Waals surface area (Å²) in [6.45, 7) is 13.1. The second kappa shape index (κ2) is 13.6. The van der Waals surface area contributed by atoms with Crippen LogP contribution in [0.3, 0.4) is 0 Å². The van der Waals surface area contributed by atoms with E-state index in [1.807, 2.05) is 44.2 Å². The lowest BCUT2D eigenvalue weighted by molar-refractivity contribution is -0.135. The van der Waals surface area contributed by atoms with Gasteiger partial charge in [-0.05, 0) is 29.5 Å². The van der Waals surface area contributed by atoms with Crippen molar-refractivity contribution in [1.82, 2.24) is 4.57 Å². The number of hydrogen-bond acceptors (Lipinski definition) is 2. The average Bonchev–Trinajstić information content (AvgIpc) is 3.05. The highest BCUT2D eigenvalue weighted by atomic mass is 16.4. The highest BCUT2D eigenvalue weighted by Crippen LogP contribution is 2.33. The first-order valence-electron chi connectivity index (χ1n) is 12.0. The van der Waals surface area contributed by atoms with E-state index in [-0.39, 0.29) is 19.8 Å². The maximum absolute atomic E-state index is 12.7. The van der Waals surface area contributed by atoms with Crippen molar-refractivity contribution in [3.63, 3.8) is 0 Å². The number of hydrogen-bond donors (Lipinski definition) is 1. The van der Waals surface area contributed by atoms with Crippen molar-refractivity contribution in [2.24, 2.45) is 16.3 Å². The van der Waals surface area contributed by atoms with E-state index in [9.17, 15) is 9.59 Å². The van der Waals surface area contributed by atoms with Gasteiger partial charge in [-0.25, -0.2) is 4.99 Å². The molecule has 1 amide bonds. The van der Waals surface area contributed by atoms with Gasteiger partial charge in [0.15, 0.2) is 0 Å². The van der Waals surface area contributed by atoms with E-state index in [0.29, 0.717) is 6.42 Å². The lowest BCUT2D eigenvalue weighted by Gasteiger charge is -2.23. The number of rotatable bonds is 8. The molecular weight excluding hydrogens is 436 g/mol. The maximum Gasteiger partial charge on any atom is 0.308 e. The summed E-state index contributed by atoms with van der Waals surface area (Å²) in [4.78, 5) is 27.4. The molecule has 0 saturated carbocycles. The van der Waals surface area contributed by atoms with Crippen molar-refractivity contribution in [2.75, 3.05) is 0 Å². The largest absolute Gasteiger partial charge is 0.481 e. The fourth-order valence-electron chi connectivity index (χ4n) is 3.85. The first kappa shape index (κ1) is 29.8. The van der Waals surface area contributed by atoms with Crippen molar-refractivity contribution in [1.29, 1.82) is 0 Å². The van der Waals surface area contributed by atoms with Crippen molar-refractivity contribution >= 4 is 29.0 Å². The van der Waals surface area contributed by atoms with Gasteiger partial charge in [-0.3, -0.25) is 9.59 Å². The average molecular weight is 479 g/mol. The Hall–Kier alpha value is -3.21. The Balaban J connectivity index is 0.00000114. The van der Waals surface area contributed by atoms with Crippen LogP contribution in [-0.2, 0) is 29.0 Å². The summed E-state index contributed by atoms with van der Waals surface area (Å²) in [5.74, 6) is -0.470. The minimum absolute atomic E-state index is 0. The van der Waals surface area contributed by atoms with E-state index in [2.05, 4.69) is 61.5 Å². The highest BCUT2D eigenvalue weighted by molar-refractivity contribution is 5.94. The van der Waals surface area contributed by atoms with Gasteiger partial charge >= 0.3 is 5.97 Å². The second-order valence-electron chi connectivity index (χ2n) is 9.88. The minimum Gasteiger partial charge on any atom is -0.481 e. The third-order valence-corrected chi connectivity index (χ3v) is 5.39. The van der Waals surface area contributed by atoms with Crippen LogP contribution in [0.2, 0.25) is 0 Å². The molecule has 1 aromatic heterocycles. The van der Waals surface area contributed by atoms with E-state index in [4.69, 9.17) is 5.11 Å². The Morgan fingerprint density at radius 3 is 2.17 bits per heavy atom. The molecule has 1 heterocycles. The standard InChI is InChI=1S/C25H28N2O3.C4H10.CH4/c1-4-19-20-12-8-9-13-21(20)27(17-18-10-6-5-7-11-18)22(19)16-25(2,3)24(30)26-15-14-23(28)29;1-4(2)3;/h5-13,15H,4,14,16-17H2,1-3H3,(H,28,29);4H,1-3H3;1H4. The minimum atomic E-state index is -0.999. The van der Waals surface area contributed by atoms with Crippen LogP contribution in [0.15, 0.2) is 59.6 Å². The summed E-state index contributed by atoms with van der Waals surface area (Å²) < 4.78 is 2.31. The predicted octanol–water partition coefficient (Wildman–Crippen LogP) is 7.19. The van der Waals surface area contributed by atoms with E-state index >= 15 is 0 Å². The van der Waals surface area contributed by atoms with E-state index in [1.165, 1.54) is 22.7 Å². The monoisotopic (exact) mass is 478 g/mol. The summed E-state index contributed by atoms with van der Waals surface area (Å²) in [7, 11) is 0. The summed E-state index contributed by atoms with van der Waals surface area (Å²) in [6.07, 6.45) is 2.33. The van der Waals surface area contributed by atoms with Crippen LogP contribution in [-0.4, -0.2) is 27.8 Å². The van der Waals surface area contributed by atoms with Crippen LogP contribution in [0.25, 0.3) is 10.9 Å². The zero-order valence-corrected chi connectivity index (χ0v) is 21.3. The Morgan fingerprint density at radius 1 is 1.03 bits per heavy atom. The molecule has 0 aliphatic carbocycles. The van der Waals surface area contributed by atoms with Crippen molar-refractivity contribution < 1.29 is 14.7 Å². The quantitative estimate of drug-likeness (QED) is 0.348. The second-order valence-corrected chi connectivity index (χ2v) is 9.88. The number of para-hydroxylation sites is 1. The number of nitrogens with zero attached hydrogens (tertiary/aromatic N) is 2.